The number of rotatable bonds is 17. The zero-order chi connectivity index (χ0) is 45.9. The third-order valence-electron chi connectivity index (χ3n) is 9.47. The summed E-state index contributed by atoms with van der Waals surface area (Å²) in [6.07, 6.45) is -2.50. The smallest absolute Gasteiger partial charge is 0.371 e. The highest BCUT2D eigenvalue weighted by atomic mass is 16.6. The molecule has 20 heteroatoms. The normalized spacial score (nSPS) is 11.8. The van der Waals surface area contributed by atoms with Gasteiger partial charge in [-0.15, -0.1) is 0 Å². The van der Waals surface area contributed by atoms with Gasteiger partial charge in [0.05, 0.1) is 6.07 Å². The van der Waals surface area contributed by atoms with Crippen molar-refractivity contribution in [1.29, 1.82) is 0 Å². The van der Waals surface area contributed by atoms with Gasteiger partial charge in [-0.1, -0.05) is 24.3 Å². The van der Waals surface area contributed by atoms with Gasteiger partial charge in [-0.2, -0.15) is 0 Å². The van der Waals surface area contributed by atoms with Crippen molar-refractivity contribution in [2.45, 2.75) is 12.2 Å². The zero-order valence-electron chi connectivity index (χ0n) is 33.0. The molecule has 0 amide bonds. The quantitative estimate of drug-likeness (QED) is 0.0942. The molecule has 0 saturated heterocycles. The van der Waals surface area contributed by atoms with Crippen LogP contribution in [0.3, 0.4) is 0 Å². The molecule has 0 spiro atoms. The van der Waals surface area contributed by atoms with E-state index < -0.39 is 88.9 Å². The Morgan fingerprint density at radius 1 is 0.446 bits per heavy atom. The molecule has 330 valence electrons. The van der Waals surface area contributed by atoms with Crippen LogP contribution in [0, 0.1) is 0 Å². The predicted octanol–water partition coefficient (Wildman–Crippen LogP) is 4.93. The number of carboxylic acid groups (broad SMARTS) is 3. The standard InChI is InChI=1S/C45H30O20/c46-21(17-57-27-5-1-9-31-39(27)23(47)13-35(62-31)43(51)52)18-58-28-6-4-12-34-42(28)26(50)16-38(65-34)61-22(19-59-29-7-2-10-32-40(29)24(48)14-36(63-32)44(53)54)20-60-30-8-3-11-33-41(30)25(49)15-37(64-33)45(55)56/h1-16,21-22,46H,17-20H2,(H,51,52)(H,53,54)(H,55,56). The third kappa shape index (κ3) is 9.04. The highest BCUT2D eigenvalue weighted by Gasteiger charge is 2.23. The number of hydrogen-bond donors (Lipinski definition) is 4. The van der Waals surface area contributed by atoms with Gasteiger partial charge in [0.2, 0.25) is 17.3 Å². The van der Waals surface area contributed by atoms with E-state index in [0.717, 1.165) is 24.3 Å². The Morgan fingerprint density at radius 3 is 1.09 bits per heavy atom. The Kier molecular flexibility index (Phi) is 11.7. The van der Waals surface area contributed by atoms with Crippen molar-refractivity contribution in [3.05, 3.63) is 155 Å². The summed E-state index contributed by atoms with van der Waals surface area (Å²) in [7, 11) is 0. The second-order valence-corrected chi connectivity index (χ2v) is 13.9. The molecule has 20 nitrogen and oxygen atoms in total. The van der Waals surface area contributed by atoms with Crippen LogP contribution in [-0.4, -0.2) is 77.0 Å². The number of hydrogen-bond acceptors (Lipinski definition) is 17. The largest absolute Gasteiger partial charge is 0.490 e. The topological polar surface area (TPSA) is 299 Å². The van der Waals surface area contributed by atoms with Gasteiger partial charge in [0.25, 0.3) is 5.95 Å². The van der Waals surface area contributed by atoms with Gasteiger partial charge in [0.15, 0.2) is 27.8 Å². The summed E-state index contributed by atoms with van der Waals surface area (Å²) in [6, 6.07) is 20.6. The van der Waals surface area contributed by atoms with Crippen LogP contribution in [0.2, 0.25) is 0 Å². The highest BCUT2D eigenvalue weighted by molar-refractivity contribution is 5.91. The molecule has 4 aromatic carbocycles. The molecule has 8 rings (SSSR count). The first-order valence-electron chi connectivity index (χ1n) is 19.1. The average Bonchev–Trinajstić information content (AvgIpc) is 3.27. The van der Waals surface area contributed by atoms with Gasteiger partial charge >= 0.3 is 17.9 Å². The predicted molar refractivity (Wildman–Crippen MR) is 223 cm³/mol. The fourth-order valence-electron chi connectivity index (χ4n) is 6.61. The molecule has 0 aliphatic carbocycles. The summed E-state index contributed by atoms with van der Waals surface area (Å²) < 4.78 is 51.4. The molecule has 4 heterocycles. The molecule has 8 aromatic rings. The molecule has 65 heavy (non-hydrogen) atoms. The van der Waals surface area contributed by atoms with Gasteiger partial charge in [0, 0.05) is 18.2 Å². The van der Waals surface area contributed by atoms with Gasteiger partial charge in [-0.25, -0.2) is 14.4 Å². The van der Waals surface area contributed by atoms with E-state index in [9.17, 15) is 54.0 Å². The molecule has 0 saturated carbocycles. The van der Waals surface area contributed by atoms with E-state index in [1.165, 1.54) is 72.8 Å². The molecule has 4 N–H and O–H groups in total. The van der Waals surface area contributed by atoms with Crippen LogP contribution in [0.15, 0.2) is 134 Å². The number of aliphatic hydroxyl groups excluding tert-OH is 1. The molecule has 1 unspecified atom stereocenters. The van der Waals surface area contributed by atoms with Crippen LogP contribution in [0.4, 0.5) is 0 Å². The summed E-state index contributed by atoms with van der Waals surface area (Å²) in [4.78, 5) is 86.6. The van der Waals surface area contributed by atoms with Crippen LogP contribution in [-0.2, 0) is 0 Å². The monoisotopic (exact) mass is 890 g/mol. The number of carbonyl (C=O) groups is 3. The number of aliphatic hydroxyl groups is 1. The summed E-state index contributed by atoms with van der Waals surface area (Å²) in [5.74, 6) is -6.46. The highest BCUT2D eigenvalue weighted by Crippen LogP contribution is 2.29. The first-order valence-corrected chi connectivity index (χ1v) is 19.1. The molecule has 0 fully saturated rings. The van der Waals surface area contributed by atoms with Crippen LogP contribution in [0.5, 0.6) is 28.9 Å². The number of fused-ring (bicyclic) bond motifs is 4. The number of carboxylic acids is 3. The second kappa shape index (κ2) is 17.8. The van der Waals surface area contributed by atoms with Crippen LogP contribution in [0.25, 0.3) is 43.9 Å². The fraction of sp³-hybridized carbons (Fsp3) is 0.133. The van der Waals surface area contributed by atoms with E-state index in [-0.39, 0.29) is 79.4 Å². The maximum absolute atomic E-state index is 13.6. The summed E-state index contributed by atoms with van der Waals surface area (Å²) >= 11 is 0. The summed E-state index contributed by atoms with van der Waals surface area (Å²) in [6.45, 7) is -1.62. The van der Waals surface area contributed by atoms with Gasteiger partial charge in [0.1, 0.15) is 99.4 Å². The molecular weight excluding hydrogens is 860 g/mol. The Labute approximate surface area is 360 Å². The zero-order valence-corrected chi connectivity index (χ0v) is 33.0. The van der Waals surface area contributed by atoms with Crippen LogP contribution < -0.4 is 45.4 Å². The van der Waals surface area contributed by atoms with Crippen molar-refractivity contribution in [2.24, 2.45) is 0 Å². The lowest BCUT2D eigenvalue weighted by Gasteiger charge is -2.20. The molecular formula is C45H30O20. The van der Waals surface area contributed by atoms with Crippen molar-refractivity contribution in [3.8, 4) is 28.9 Å². The van der Waals surface area contributed by atoms with Crippen molar-refractivity contribution in [3.63, 3.8) is 0 Å². The molecule has 0 radical (unpaired) electrons. The lowest BCUT2D eigenvalue weighted by molar-refractivity contribution is 0.0623. The maximum Gasteiger partial charge on any atom is 0.371 e. The third-order valence-corrected chi connectivity index (χ3v) is 9.47. The van der Waals surface area contributed by atoms with E-state index >= 15 is 0 Å². The average molecular weight is 891 g/mol. The molecule has 4 aromatic heterocycles. The van der Waals surface area contributed by atoms with Gasteiger partial charge in [-0.05, 0) is 48.5 Å². The first-order chi connectivity index (χ1) is 31.2. The second-order valence-electron chi connectivity index (χ2n) is 13.9. The molecule has 1 atom stereocenters. The van der Waals surface area contributed by atoms with Crippen molar-refractivity contribution >= 4 is 61.8 Å². The summed E-state index contributed by atoms with van der Waals surface area (Å²) in [5.41, 5.74) is -2.97. The minimum Gasteiger partial charge on any atom is -0.490 e. The lowest BCUT2D eigenvalue weighted by atomic mass is 10.2. The minimum absolute atomic E-state index is 0.0127. The van der Waals surface area contributed by atoms with Crippen molar-refractivity contribution in [2.75, 3.05) is 26.4 Å². The van der Waals surface area contributed by atoms with Gasteiger partial charge < -0.3 is 61.8 Å². The lowest BCUT2D eigenvalue weighted by Crippen LogP contribution is -2.32. The number of benzene rings is 4. The summed E-state index contributed by atoms with van der Waals surface area (Å²) in [5, 5.41) is 38.4. The SMILES string of the molecule is O=C(O)c1cc(=O)c2c(OCC(O)COc3cccc4oc(OC(COc5cccc6oc(C(=O)O)cc(=O)c56)COc5cccc6oc(C(=O)O)cc(=O)c56)cc(=O)c34)cccc2o1. The van der Waals surface area contributed by atoms with E-state index in [2.05, 4.69) is 0 Å². The Balaban J connectivity index is 1.02. The van der Waals surface area contributed by atoms with Crippen LogP contribution in [0.1, 0.15) is 31.7 Å². The minimum atomic E-state index is -1.46. The van der Waals surface area contributed by atoms with Crippen LogP contribution >= 0.6 is 0 Å². The van der Waals surface area contributed by atoms with E-state index in [1.54, 1.807) is 0 Å². The van der Waals surface area contributed by atoms with Gasteiger partial charge in [-0.3, -0.25) is 19.2 Å². The fourth-order valence-corrected chi connectivity index (χ4v) is 6.61. The Morgan fingerprint density at radius 2 is 0.754 bits per heavy atom. The molecule has 0 aliphatic rings. The van der Waals surface area contributed by atoms with E-state index in [0.29, 0.717) is 0 Å². The number of aromatic carboxylic acids is 3. The van der Waals surface area contributed by atoms with E-state index in [4.69, 9.17) is 41.4 Å². The Hall–Kier alpha value is -8.91. The van der Waals surface area contributed by atoms with Crippen molar-refractivity contribution < 1.29 is 76.2 Å². The first kappa shape index (κ1) is 42.8. The number of ether oxygens (including phenoxy) is 5. The maximum atomic E-state index is 13.6. The van der Waals surface area contributed by atoms with Crippen molar-refractivity contribution in [1.82, 2.24) is 0 Å². The molecule has 0 aliphatic heterocycles. The Bertz CT molecular complexity index is 3320. The molecule has 0 bridgehead atoms. The van der Waals surface area contributed by atoms with E-state index in [1.807, 2.05) is 0 Å².